The van der Waals surface area contributed by atoms with Crippen LogP contribution in [0.5, 0.6) is 5.88 Å². The van der Waals surface area contributed by atoms with Crippen LogP contribution in [0.25, 0.3) is 22.3 Å². The number of carbonyl (C=O) groups is 1. The first-order chi connectivity index (χ1) is 21.2. The minimum atomic E-state index is -1.06. The number of carboxylic acids is 1. The minimum Gasteiger partial charge on any atom is -0.478 e. The third kappa shape index (κ3) is 5.28. The lowest BCUT2D eigenvalue weighted by atomic mass is 9.74. The minimum absolute atomic E-state index is 0.0179. The second-order valence-electron chi connectivity index (χ2n) is 11.1. The lowest BCUT2D eigenvalue weighted by Gasteiger charge is -2.47. The Labute approximate surface area is 254 Å². The van der Waals surface area contributed by atoms with Gasteiger partial charge in [0, 0.05) is 28.6 Å². The number of nitrogens with zero attached hydrogens (tertiary/aromatic N) is 3. The molecule has 1 N–H and O–H groups in total. The Kier molecular flexibility index (Phi) is 7.26. The van der Waals surface area contributed by atoms with Crippen LogP contribution in [-0.2, 0) is 17.8 Å². The fourth-order valence-corrected chi connectivity index (χ4v) is 6.17. The van der Waals surface area contributed by atoms with Crippen LogP contribution in [0, 0.1) is 23.4 Å². The number of aromatic nitrogens is 3. The fraction of sp³-hybridized carbons (Fsp3) is 0.242. The maximum Gasteiger partial charge on any atom is 0.335 e. The monoisotopic (exact) mass is 619 g/mol. The van der Waals surface area contributed by atoms with Crippen molar-refractivity contribution in [2.75, 3.05) is 6.61 Å². The summed E-state index contributed by atoms with van der Waals surface area (Å²) in [5.41, 5.74) is 1.76. The molecular formula is C33H25ClF3N3O4. The third-order valence-corrected chi connectivity index (χ3v) is 8.63. The highest BCUT2D eigenvalue weighted by Gasteiger charge is 2.43. The zero-order valence-electron chi connectivity index (χ0n) is 23.1. The Bertz CT molecular complexity index is 1920. The van der Waals surface area contributed by atoms with Crippen molar-refractivity contribution in [2.24, 2.45) is 5.92 Å². The van der Waals surface area contributed by atoms with Gasteiger partial charge in [0.1, 0.15) is 29.9 Å². The molecule has 2 saturated heterocycles. The number of rotatable bonds is 8. The molecule has 0 radical (unpaired) electrons. The Morgan fingerprint density at radius 3 is 2.55 bits per heavy atom. The van der Waals surface area contributed by atoms with E-state index in [1.54, 1.807) is 30.3 Å². The average Bonchev–Trinajstić information content (AvgIpc) is 3.35. The molecule has 2 aliphatic heterocycles. The molecule has 8 rings (SSSR count). The number of hydrogen-bond donors (Lipinski definition) is 1. The molecule has 3 aromatic carbocycles. The van der Waals surface area contributed by atoms with Crippen molar-refractivity contribution in [3.8, 4) is 17.1 Å². The summed E-state index contributed by atoms with van der Waals surface area (Å²) in [6.45, 7) is 0.313. The van der Waals surface area contributed by atoms with Gasteiger partial charge in [-0.15, -0.1) is 0 Å². The topological polar surface area (TPSA) is 86.5 Å². The molecule has 2 aromatic heterocycles. The van der Waals surface area contributed by atoms with E-state index in [-0.39, 0.29) is 64.0 Å². The zero-order chi connectivity index (χ0) is 30.5. The van der Waals surface area contributed by atoms with Crippen LogP contribution in [0.15, 0.2) is 66.7 Å². The van der Waals surface area contributed by atoms with E-state index < -0.39 is 23.4 Å². The van der Waals surface area contributed by atoms with Gasteiger partial charge in [0.15, 0.2) is 0 Å². The van der Waals surface area contributed by atoms with Gasteiger partial charge in [-0.1, -0.05) is 23.7 Å². The van der Waals surface area contributed by atoms with E-state index in [4.69, 9.17) is 26.1 Å². The van der Waals surface area contributed by atoms with Gasteiger partial charge in [-0.3, -0.25) is 0 Å². The number of imidazole rings is 1. The van der Waals surface area contributed by atoms with Crippen molar-refractivity contribution >= 4 is 28.6 Å². The maximum absolute atomic E-state index is 15.6. The Balaban J connectivity index is 1.18. The molecular weight excluding hydrogens is 595 g/mol. The summed E-state index contributed by atoms with van der Waals surface area (Å²) in [6.07, 6.45) is 2.00. The van der Waals surface area contributed by atoms with E-state index in [1.165, 1.54) is 24.3 Å². The second-order valence-corrected chi connectivity index (χ2v) is 11.6. The first-order valence-electron chi connectivity index (χ1n) is 14.1. The second kappa shape index (κ2) is 11.3. The van der Waals surface area contributed by atoms with Crippen molar-refractivity contribution in [3.63, 3.8) is 0 Å². The van der Waals surface area contributed by atoms with Gasteiger partial charge in [-0.05, 0) is 72.9 Å². The number of halogens is 4. The number of fused-ring (bicyclic) bond motifs is 3. The average molecular weight is 620 g/mol. The van der Waals surface area contributed by atoms with Crippen LogP contribution in [0.2, 0.25) is 5.02 Å². The van der Waals surface area contributed by atoms with Crippen LogP contribution < -0.4 is 4.74 Å². The molecule has 224 valence electrons. The van der Waals surface area contributed by atoms with Gasteiger partial charge in [0.05, 0.1) is 41.0 Å². The SMILES string of the molecule is O=C(O)c1ccc2nc(Cc3cc(F)c(-c4cccc(OCc5ccc(Cl)cc5F)n4)cc3F)n([C@@H]3COC4CC3C4)c2c1. The number of benzene rings is 3. The van der Waals surface area contributed by atoms with Gasteiger partial charge in [-0.25, -0.2) is 27.9 Å². The van der Waals surface area contributed by atoms with Crippen molar-refractivity contribution in [3.05, 3.63) is 112 Å². The number of ether oxygens (including phenoxy) is 2. The summed E-state index contributed by atoms with van der Waals surface area (Å²) in [5.74, 6) is -1.98. The maximum atomic E-state index is 15.6. The molecule has 1 saturated carbocycles. The molecule has 0 unspecified atom stereocenters. The summed E-state index contributed by atoms with van der Waals surface area (Å²) in [7, 11) is 0. The van der Waals surface area contributed by atoms with Gasteiger partial charge in [0.25, 0.3) is 0 Å². The molecule has 4 heterocycles. The van der Waals surface area contributed by atoms with Crippen molar-refractivity contribution in [1.82, 2.24) is 14.5 Å². The first kappa shape index (κ1) is 28.4. The van der Waals surface area contributed by atoms with Crippen LogP contribution in [0.3, 0.4) is 0 Å². The molecule has 44 heavy (non-hydrogen) atoms. The summed E-state index contributed by atoms with van der Waals surface area (Å²) in [4.78, 5) is 20.7. The highest BCUT2D eigenvalue weighted by atomic mass is 35.5. The molecule has 11 heteroatoms. The zero-order valence-corrected chi connectivity index (χ0v) is 23.9. The smallest absolute Gasteiger partial charge is 0.335 e. The van der Waals surface area contributed by atoms with Crippen molar-refractivity contribution in [2.45, 2.75) is 38.0 Å². The molecule has 0 amide bonds. The summed E-state index contributed by atoms with van der Waals surface area (Å²) in [6, 6.07) is 15.7. The number of aromatic carboxylic acids is 1. The number of hydrogen-bond acceptors (Lipinski definition) is 5. The molecule has 2 bridgehead atoms. The summed E-state index contributed by atoms with van der Waals surface area (Å²) in [5, 5.41) is 9.84. The quantitative estimate of drug-likeness (QED) is 0.195. The van der Waals surface area contributed by atoms with Gasteiger partial charge in [-0.2, -0.15) is 0 Å². The molecule has 3 aliphatic rings. The highest BCUT2D eigenvalue weighted by molar-refractivity contribution is 6.30. The molecule has 3 fully saturated rings. The van der Waals surface area contributed by atoms with E-state index in [2.05, 4.69) is 4.98 Å². The van der Waals surface area contributed by atoms with Gasteiger partial charge < -0.3 is 19.1 Å². The Hall–Kier alpha value is -4.41. The lowest BCUT2D eigenvalue weighted by molar-refractivity contribution is -0.121. The van der Waals surface area contributed by atoms with Crippen molar-refractivity contribution in [1.29, 1.82) is 0 Å². The normalized spacial score (nSPS) is 19.1. The summed E-state index contributed by atoms with van der Waals surface area (Å²) >= 11 is 5.80. The van der Waals surface area contributed by atoms with E-state index in [0.29, 0.717) is 29.4 Å². The van der Waals surface area contributed by atoms with Crippen LogP contribution >= 0.6 is 11.6 Å². The van der Waals surface area contributed by atoms with Crippen LogP contribution in [0.1, 0.15) is 46.2 Å². The lowest BCUT2D eigenvalue weighted by Crippen LogP contribution is -2.46. The Morgan fingerprint density at radius 2 is 1.80 bits per heavy atom. The Morgan fingerprint density at radius 1 is 0.977 bits per heavy atom. The molecule has 5 aromatic rings. The van der Waals surface area contributed by atoms with E-state index in [1.807, 2.05) is 4.57 Å². The van der Waals surface area contributed by atoms with E-state index >= 15 is 8.78 Å². The third-order valence-electron chi connectivity index (χ3n) is 8.39. The van der Waals surface area contributed by atoms with E-state index in [0.717, 1.165) is 25.0 Å². The molecule has 0 spiro atoms. The fourth-order valence-electron chi connectivity index (χ4n) is 6.01. The molecule has 1 atom stereocenters. The number of carboxylic acid groups (broad SMARTS) is 1. The van der Waals surface area contributed by atoms with Crippen LogP contribution in [-0.4, -0.2) is 38.3 Å². The highest BCUT2D eigenvalue weighted by Crippen LogP contribution is 2.45. The number of pyridine rings is 1. The van der Waals surface area contributed by atoms with Gasteiger partial charge >= 0.3 is 5.97 Å². The first-order valence-corrected chi connectivity index (χ1v) is 14.5. The largest absolute Gasteiger partial charge is 0.478 e. The van der Waals surface area contributed by atoms with Crippen LogP contribution in [0.4, 0.5) is 13.2 Å². The standard InChI is InChI=1S/C33H25ClF3N3O4/c34-21-6-4-18(24(35)13-21)15-44-32-3-1-2-27(39-32)23-14-25(36)19(10-26(23)37)12-31-38-28-7-5-17(33(41)42)11-29(28)40(31)30-16-43-22-8-20(30)9-22/h1-7,10-11,13-14,20,22,30H,8-9,12,15-16H2,(H,41,42)/t20?,22?,30-/m1/s1. The predicted molar refractivity (Wildman–Crippen MR) is 156 cm³/mol. The molecule has 7 nitrogen and oxygen atoms in total. The van der Waals surface area contributed by atoms with E-state index in [9.17, 15) is 14.3 Å². The predicted octanol–water partition coefficient (Wildman–Crippen LogP) is 7.39. The summed E-state index contributed by atoms with van der Waals surface area (Å²) < 4.78 is 58.8. The molecule has 1 aliphatic carbocycles. The van der Waals surface area contributed by atoms with Crippen molar-refractivity contribution < 1.29 is 32.5 Å². The van der Waals surface area contributed by atoms with Gasteiger partial charge in [0.2, 0.25) is 5.88 Å².